The molecule has 1 nitrogen and oxygen atoms in total. The Morgan fingerprint density at radius 3 is 1.78 bits per heavy atom. The molecule has 0 aromatic heterocycles. The minimum Gasteiger partial charge on any atom is -0.314 e. The van der Waals surface area contributed by atoms with E-state index in [4.69, 9.17) is 0 Å². The molecule has 3 atom stereocenters. The van der Waals surface area contributed by atoms with Crippen LogP contribution in [0.4, 0.5) is 11.4 Å². The van der Waals surface area contributed by atoms with E-state index in [-0.39, 0.29) is 17.3 Å². The van der Waals surface area contributed by atoms with Gasteiger partial charge in [0, 0.05) is 34.3 Å². The Hall–Kier alpha value is -5.92. The lowest BCUT2D eigenvalue weighted by Crippen LogP contribution is -2.33. The van der Waals surface area contributed by atoms with Crippen LogP contribution in [0.5, 0.6) is 0 Å². The van der Waals surface area contributed by atoms with Crippen LogP contribution in [0.3, 0.4) is 0 Å². The maximum absolute atomic E-state index is 2.51. The lowest BCUT2D eigenvalue weighted by molar-refractivity contribution is 0.415. The Balaban J connectivity index is 1.20. The summed E-state index contributed by atoms with van der Waals surface area (Å²) >= 11 is 0. The number of allylic oxidation sites excluding steroid dienone is 4. The van der Waals surface area contributed by atoms with Crippen molar-refractivity contribution < 1.29 is 0 Å². The van der Waals surface area contributed by atoms with Crippen LogP contribution in [0, 0.1) is 5.92 Å². The number of fused-ring (bicyclic) bond motifs is 4. The summed E-state index contributed by atoms with van der Waals surface area (Å²) in [6.45, 7) is 2.44. The van der Waals surface area contributed by atoms with Crippen molar-refractivity contribution in [3.63, 3.8) is 0 Å². The van der Waals surface area contributed by atoms with Crippen LogP contribution in [0.25, 0.3) is 33.0 Å². The molecular weight excluding hydrogens is 591 g/mol. The Labute approximate surface area is 289 Å². The van der Waals surface area contributed by atoms with Crippen LogP contribution in [-0.2, 0) is 5.41 Å². The first-order chi connectivity index (χ1) is 24.2. The van der Waals surface area contributed by atoms with Gasteiger partial charge in [0.1, 0.15) is 0 Å². The minimum atomic E-state index is -0.154. The fourth-order valence-electron chi connectivity index (χ4n) is 8.38. The van der Waals surface area contributed by atoms with Crippen molar-refractivity contribution in [3.05, 3.63) is 217 Å². The standard InChI is InChI=1S/C48H37N/c1-48(40-18-9-4-10-19-40)44-21-12-11-20-43(44)47-45(48)22-13-23-46(47)49(41-29-26-36(27-30-41)34-14-5-2-6-15-34)42-31-28-38-32-37(24-25-39(38)33-42)35-16-7-3-8-17-35/h2-33,45,47H,1H3. The smallest absolute Gasteiger partial charge is 0.0465 e. The van der Waals surface area contributed by atoms with Crippen molar-refractivity contribution >= 4 is 22.1 Å². The van der Waals surface area contributed by atoms with Gasteiger partial charge < -0.3 is 4.90 Å². The van der Waals surface area contributed by atoms with Gasteiger partial charge in [-0.25, -0.2) is 0 Å². The summed E-state index contributed by atoms with van der Waals surface area (Å²) in [6, 6.07) is 64.4. The molecule has 7 aromatic rings. The maximum Gasteiger partial charge on any atom is 0.0465 e. The topological polar surface area (TPSA) is 3.24 Å². The monoisotopic (exact) mass is 627 g/mol. The molecule has 2 aliphatic rings. The lowest BCUT2D eigenvalue weighted by Gasteiger charge is -2.39. The molecule has 0 bridgehead atoms. The largest absolute Gasteiger partial charge is 0.314 e. The van der Waals surface area contributed by atoms with Gasteiger partial charge in [0.2, 0.25) is 0 Å². The molecule has 0 aliphatic heterocycles. The van der Waals surface area contributed by atoms with Gasteiger partial charge in [-0.15, -0.1) is 0 Å². The van der Waals surface area contributed by atoms with E-state index in [2.05, 4.69) is 206 Å². The second-order valence-electron chi connectivity index (χ2n) is 13.5. The normalized spacial score (nSPS) is 19.2. The number of rotatable bonds is 6. The molecule has 0 spiro atoms. The highest BCUT2D eigenvalue weighted by Gasteiger charge is 2.51. The van der Waals surface area contributed by atoms with Gasteiger partial charge in [-0.2, -0.15) is 0 Å². The van der Waals surface area contributed by atoms with Crippen molar-refractivity contribution in [2.45, 2.75) is 18.3 Å². The van der Waals surface area contributed by atoms with Gasteiger partial charge >= 0.3 is 0 Å². The van der Waals surface area contributed by atoms with Crippen LogP contribution in [-0.4, -0.2) is 0 Å². The molecule has 0 amide bonds. The summed E-state index contributed by atoms with van der Waals surface area (Å²) < 4.78 is 0. The summed E-state index contributed by atoms with van der Waals surface area (Å²) in [5, 5.41) is 2.47. The summed E-state index contributed by atoms with van der Waals surface area (Å²) in [5.74, 6) is 0.462. The average molecular weight is 628 g/mol. The van der Waals surface area contributed by atoms with E-state index in [1.54, 1.807) is 0 Å². The predicted molar refractivity (Wildman–Crippen MR) is 206 cm³/mol. The fourth-order valence-corrected chi connectivity index (χ4v) is 8.38. The van der Waals surface area contributed by atoms with E-state index in [9.17, 15) is 0 Å². The van der Waals surface area contributed by atoms with Gasteiger partial charge in [0.05, 0.1) is 0 Å². The minimum absolute atomic E-state index is 0.154. The molecule has 7 aromatic carbocycles. The zero-order chi connectivity index (χ0) is 32.8. The van der Waals surface area contributed by atoms with Crippen LogP contribution in [0.2, 0.25) is 0 Å². The molecule has 0 fully saturated rings. The zero-order valence-electron chi connectivity index (χ0n) is 27.6. The van der Waals surface area contributed by atoms with Crippen molar-refractivity contribution in [2.24, 2.45) is 5.92 Å². The third-order valence-corrected chi connectivity index (χ3v) is 10.8. The van der Waals surface area contributed by atoms with Gasteiger partial charge in [0.25, 0.3) is 0 Å². The molecule has 1 heteroatoms. The second kappa shape index (κ2) is 12.0. The highest BCUT2D eigenvalue weighted by Crippen LogP contribution is 2.59. The van der Waals surface area contributed by atoms with Gasteiger partial charge in [0.15, 0.2) is 0 Å². The zero-order valence-corrected chi connectivity index (χ0v) is 27.6. The highest BCUT2D eigenvalue weighted by atomic mass is 15.2. The molecule has 9 rings (SSSR count). The van der Waals surface area contributed by atoms with Crippen LogP contribution < -0.4 is 4.90 Å². The van der Waals surface area contributed by atoms with E-state index in [0.29, 0.717) is 0 Å². The van der Waals surface area contributed by atoms with Crippen molar-refractivity contribution in [1.29, 1.82) is 0 Å². The molecule has 0 saturated heterocycles. The van der Waals surface area contributed by atoms with Crippen LogP contribution in [0.15, 0.2) is 200 Å². The van der Waals surface area contributed by atoms with Gasteiger partial charge in [-0.3, -0.25) is 0 Å². The first-order valence-electron chi connectivity index (χ1n) is 17.3. The van der Waals surface area contributed by atoms with Crippen LogP contribution in [0.1, 0.15) is 29.5 Å². The lowest BCUT2D eigenvalue weighted by atomic mass is 9.68. The van der Waals surface area contributed by atoms with Gasteiger partial charge in [-0.05, 0) is 86.1 Å². The number of benzene rings is 7. The van der Waals surface area contributed by atoms with Crippen LogP contribution >= 0.6 is 0 Å². The summed E-state index contributed by atoms with van der Waals surface area (Å²) in [5.41, 5.74) is 12.6. The molecular formula is C48H37N. The van der Waals surface area contributed by atoms with Gasteiger partial charge in [-0.1, -0.05) is 165 Å². The molecule has 0 N–H and O–H groups in total. The van der Waals surface area contributed by atoms with E-state index >= 15 is 0 Å². The average Bonchev–Trinajstić information content (AvgIpc) is 3.45. The first kappa shape index (κ1) is 29.2. The highest BCUT2D eigenvalue weighted by molar-refractivity contribution is 5.91. The Morgan fingerprint density at radius 2 is 1.04 bits per heavy atom. The molecule has 3 unspecified atom stereocenters. The molecule has 2 aliphatic carbocycles. The number of nitrogens with zero attached hydrogens (tertiary/aromatic N) is 1. The number of hydrogen-bond donors (Lipinski definition) is 0. The Kier molecular flexibility index (Phi) is 7.13. The van der Waals surface area contributed by atoms with Crippen molar-refractivity contribution in [2.75, 3.05) is 4.90 Å². The predicted octanol–water partition coefficient (Wildman–Crippen LogP) is 12.5. The SMILES string of the molecule is CC1(c2ccccc2)c2ccccc2C2C(N(c3ccc(-c4ccccc4)cc3)c3ccc4cc(-c5ccccc5)ccc4c3)=CC=CC21. The van der Waals surface area contributed by atoms with Crippen molar-refractivity contribution in [3.8, 4) is 22.3 Å². The second-order valence-corrected chi connectivity index (χ2v) is 13.5. The number of hydrogen-bond acceptors (Lipinski definition) is 1. The maximum atomic E-state index is 2.51. The molecule has 234 valence electrons. The third kappa shape index (κ3) is 4.93. The number of anilines is 2. The third-order valence-electron chi connectivity index (χ3n) is 10.8. The summed E-state index contributed by atoms with van der Waals surface area (Å²) in [6.07, 6.45) is 7.09. The van der Waals surface area contributed by atoms with Crippen molar-refractivity contribution in [1.82, 2.24) is 0 Å². The first-order valence-corrected chi connectivity index (χ1v) is 17.3. The Bertz CT molecular complexity index is 2340. The fraction of sp³-hybridized carbons (Fsp3) is 0.0833. The Morgan fingerprint density at radius 1 is 0.490 bits per heavy atom. The van der Waals surface area contributed by atoms with E-state index in [0.717, 1.165) is 5.69 Å². The quantitative estimate of drug-likeness (QED) is 0.177. The molecule has 0 saturated carbocycles. The summed E-state index contributed by atoms with van der Waals surface area (Å²) in [7, 11) is 0. The molecule has 49 heavy (non-hydrogen) atoms. The summed E-state index contributed by atoms with van der Waals surface area (Å²) in [4.78, 5) is 2.51. The molecule has 0 heterocycles. The van der Waals surface area contributed by atoms with E-state index in [1.807, 2.05) is 0 Å². The van der Waals surface area contributed by atoms with E-state index < -0.39 is 0 Å². The van der Waals surface area contributed by atoms with E-state index in [1.165, 1.54) is 61.1 Å². The molecule has 0 radical (unpaired) electrons.